The fraction of sp³-hybridized carbons (Fsp3) is 0.500. The predicted octanol–water partition coefficient (Wildman–Crippen LogP) is 1.68. The molecule has 1 aromatic rings. The van der Waals surface area contributed by atoms with Crippen LogP contribution in [0.4, 0.5) is 5.82 Å². The van der Waals surface area contributed by atoms with Gasteiger partial charge in [0.15, 0.2) is 0 Å². The molecule has 0 aromatic carbocycles. The van der Waals surface area contributed by atoms with Crippen molar-refractivity contribution in [3.63, 3.8) is 0 Å². The third-order valence-corrected chi connectivity index (χ3v) is 2.78. The van der Waals surface area contributed by atoms with Crippen molar-refractivity contribution < 1.29 is 4.79 Å². The van der Waals surface area contributed by atoms with E-state index >= 15 is 0 Å². The van der Waals surface area contributed by atoms with E-state index in [0.717, 1.165) is 25.8 Å². The van der Waals surface area contributed by atoms with Gasteiger partial charge in [-0.2, -0.15) is 0 Å². The molecule has 16 heavy (non-hydrogen) atoms. The Balaban J connectivity index is 2.19. The fourth-order valence-corrected chi connectivity index (χ4v) is 1.83. The highest BCUT2D eigenvalue weighted by Gasteiger charge is 2.33. The van der Waals surface area contributed by atoms with Crippen LogP contribution in [0.2, 0.25) is 0 Å². The predicted molar refractivity (Wildman–Crippen MR) is 63.0 cm³/mol. The van der Waals surface area contributed by atoms with E-state index in [4.69, 9.17) is 5.73 Å². The molecule has 2 rings (SSSR count). The number of amides is 1. The Morgan fingerprint density at radius 1 is 1.62 bits per heavy atom. The lowest BCUT2D eigenvalue weighted by Gasteiger charge is -2.22. The Labute approximate surface area is 95.5 Å². The molecule has 0 bridgehead atoms. The van der Waals surface area contributed by atoms with Crippen molar-refractivity contribution in [2.45, 2.75) is 32.2 Å². The molecule has 4 heteroatoms. The SMILES string of the molecule is CCCN(C(=O)c1cccnc1N)C1CC1. The Hall–Kier alpha value is -1.58. The van der Waals surface area contributed by atoms with E-state index in [0.29, 0.717) is 17.4 Å². The van der Waals surface area contributed by atoms with Crippen molar-refractivity contribution in [3.8, 4) is 0 Å². The van der Waals surface area contributed by atoms with Crippen molar-refractivity contribution in [2.24, 2.45) is 0 Å². The third kappa shape index (κ3) is 2.15. The molecule has 1 amide bonds. The number of nitrogens with zero attached hydrogens (tertiary/aromatic N) is 2. The summed E-state index contributed by atoms with van der Waals surface area (Å²) in [6.45, 7) is 2.88. The van der Waals surface area contributed by atoms with E-state index in [1.807, 2.05) is 4.90 Å². The van der Waals surface area contributed by atoms with Crippen LogP contribution in [0.1, 0.15) is 36.5 Å². The molecule has 1 aromatic heterocycles. The second-order valence-electron chi connectivity index (χ2n) is 4.17. The highest BCUT2D eigenvalue weighted by atomic mass is 16.2. The van der Waals surface area contributed by atoms with Gasteiger partial charge in [-0.15, -0.1) is 0 Å². The number of carbonyl (C=O) groups excluding carboxylic acids is 1. The monoisotopic (exact) mass is 219 g/mol. The molecule has 0 aliphatic heterocycles. The van der Waals surface area contributed by atoms with Gasteiger partial charge in [-0.25, -0.2) is 4.98 Å². The molecule has 4 nitrogen and oxygen atoms in total. The molecule has 86 valence electrons. The Kier molecular flexibility index (Phi) is 3.08. The van der Waals surface area contributed by atoms with E-state index in [-0.39, 0.29) is 5.91 Å². The minimum atomic E-state index is 0.0231. The highest BCUT2D eigenvalue weighted by molar-refractivity contribution is 5.98. The quantitative estimate of drug-likeness (QED) is 0.838. The topological polar surface area (TPSA) is 59.2 Å². The van der Waals surface area contributed by atoms with E-state index in [1.165, 1.54) is 0 Å². The van der Waals surface area contributed by atoms with Gasteiger partial charge in [-0.3, -0.25) is 4.79 Å². The van der Waals surface area contributed by atoms with Gasteiger partial charge in [0, 0.05) is 18.8 Å². The summed E-state index contributed by atoms with van der Waals surface area (Å²) in [4.78, 5) is 18.1. The van der Waals surface area contributed by atoms with Gasteiger partial charge < -0.3 is 10.6 Å². The largest absolute Gasteiger partial charge is 0.383 e. The first-order valence-corrected chi connectivity index (χ1v) is 5.75. The lowest BCUT2D eigenvalue weighted by molar-refractivity contribution is 0.0744. The molecule has 1 aliphatic carbocycles. The standard InChI is InChI=1S/C12H17N3O/c1-2-8-15(9-5-6-9)12(16)10-4-3-7-14-11(10)13/h3-4,7,9H,2,5-6,8H2,1H3,(H2,13,14). The Bertz CT molecular complexity index is 388. The number of nitrogens with two attached hydrogens (primary N) is 1. The summed E-state index contributed by atoms with van der Waals surface area (Å²) >= 11 is 0. The van der Waals surface area contributed by atoms with Crippen LogP contribution in [0.5, 0.6) is 0 Å². The smallest absolute Gasteiger partial charge is 0.257 e. The van der Waals surface area contributed by atoms with Crippen LogP contribution in [-0.4, -0.2) is 28.4 Å². The highest BCUT2D eigenvalue weighted by Crippen LogP contribution is 2.28. The van der Waals surface area contributed by atoms with E-state index < -0.39 is 0 Å². The van der Waals surface area contributed by atoms with Crippen molar-refractivity contribution in [1.82, 2.24) is 9.88 Å². The first-order valence-electron chi connectivity index (χ1n) is 5.75. The van der Waals surface area contributed by atoms with E-state index in [2.05, 4.69) is 11.9 Å². The van der Waals surface area contributed by atoms with Gasteiger partial charge in [0.25, 0.3) is 5.91 Å². The zero-order valence-corrected chi connectivity index (χ0v) is 9.52. The molecule has 0 atom stereocenters. The molecule has 1 heterocycles. The van der Waals surface area contributed by atoms with Crippen LogP contribution in [0.3, 0.4) is 0 Å². The summed E-state index contributed by atoms with van der Waals surface area (Å²) in [5, 5.41) is 0. The Morgan fingerprint density at radius 2 is 2.38 bits per heavy atom. The average molecular weight is 219 g/mol. The maximum absolute atomic E-state index is 12.2. The molecular formula is C12H17N3O. The number of anilines is 1. The number of rotatable bonds is 4. The van der Waals surface area contributed by atoms with E-state index in [1.54, 1.807) is 18.3 Å². The van der Waals surface area contributed by atoms with Crippen LogP contribution < -0.4 is 5.73 Å². The van der Waals surface area contributed by atoms with Crippen LogP contribution in [0.25, 0.3) is 0 Å². The third-order valence-electron chi connectivity index (χ3n) is 2.78. The summed E-state index contributed by atoms with van der Waals surface area (Å²) in [6, 6.07) is 3.92. The lowest BCUT2D eigenvalue weighted by atomic mass is 10.2. The molecular weight excluding hydrogens is 202 g/mol. The van der Waals surface area contributed by atoms with E-state index in [9.17, 15) is 4.79 Å². The average Bonchev–Trinajstić information content (AvgIpc) is 3.09. The minimum Gasteiger partial charge on any atom is -0.383 e. The number of nitrogen functional groups attached to an aromatic ring is 1. The maximum Gasteiger partial charge on any atom is 0.257 e. The normalized spacial score (nSPS) is 14.8. The van der Waals surface area contributed by atoms with Crippen LogP contribution in [-0.2, 0) is 0 Å². The molecule has 1 saturated carbocycles. The van der Waals surface area contributed by atoms with Crippen LogP contribution in [0, 0.1) is 0 Å². The molecule has 1 aliphatic rings. The molecule has 1 fully saturated rings. The van der Waals surface area contributed by atoms with Crippen molar-refractivity contribution in [1.29, 1.82) is 0 Å². The molecule has 2 N–H and O–H groups in total. The number of aromatic nitrogens is 1. The molecule has 0 unspecified atom stereocenters. The Morgan fingerprint density at radius 3 is 2.94 bits per heavy atom. The first-order chi connectivity index (χ1) is 7.74. The summed E-state index contributed by atoms with van der Waals surface area (Å²) in [5.74, 6) is 0.351. The van der Waals surface area contributed by atoms with Gasteiger partial charge in [0.1, 0.15) is 5.82 Å². The van der Waals surface area contributed by atoms with Crippen molar-refractivity contribution in [2.75, 3.05) is 12.3 Å². The summed E-state index contributed by atoms with van der Waals surface area (Å²) < 4.78 is 0. The van der Waals surface area contributed by atoms with Crippen LogP contribution >= 0.6 is 0 Å². The second kappa shape index (κ2) is 4.51. The lowest BCUT2D eigenvalue weighted by Crippen LogP contribution is -2.34. The first kappa shape index (κ1) is 10.9. The van der Waals surface area contributed by atoms with Gasteiger partial charge in [-0.1, -0.05) is 6.92 Å². The van der Waals surface area contributed by atoms with Crippen molar-refractivity contribution >= 4 is 11.7 Å². The van der Waals surface area contributed by atoms with Crippen molar-refractivity contribution in [3.05, 3.63) is 23.9 Å². The number of hydrogen-bond donors (Lipinski definition) is 1. The van der Waals surface area contributed by atoms with Crippen LogP contribution in [0.15, 0.2) is 18.3 Å². The summed E-state index contributed by atoms with van der Waals surface area (Å²) in [7, 11) is 0. The molecule has 0 radical (unpaired) electrons. The van der Waals surface area contributed by atoms with Gasteiger partial charge in [0.05, 0.1) is 5.56 Å². The minimum absolute atomic E-state index is 0.0231. The zero-order chi connectivity index (χ0) is 11.5. The number of carbonyl (C=O) groups is 1. The van der Waals surface area contributed by atoms with Gasteiger partial charge in [-0.05, 0) is 31.4 Å². The zero-order valence-electron chi connectivity index (χ0n) is 9.52. The summed E-state index contributed by atoms with van der Waals surface area (Å²) in [6.07, 6.45) is 4.81. The number of hydrogen-bond acceptors (Lipinski definition) is 3. The van der Waals surface area contributed by atoms with Gasteiger partial charge >= 0.3 is 0 Å². The molecule has 0 saturated heterocycles. The fourth-order valence-electron chi connectivity index (χ4n) is 1.83. The molecule has 0 spiro atoms. The second-order valence-corrected chi connectivity index (χ2v) is 4.17. The number of pyridine rings is 1. The maximum atomic E-state index is 12.2. The van der Waals surface area contributed by atoms with Gasteiger partial charge in [0.2, 0.25) is 0 Å². The summed E-state index contributed by atoms with van der Waals surface area (Å²) in [5.41, 5.74) is 6.25.